The average Bonchev–Trinajstić information content (AvgIpc) is 2.36. The van der Waals surface area contributed by atoms with E-state index in [2.05, 4.69) is 5.32 Å². The van der Waals surface area contributed by atoms with Crippen molar-refractivity contribution in [3.8, 4) is 0 Å². The van der Waals surface area contributed by atoms with Crippen molar-refractivity contribution in [3.05, 3.63) is 18.2 Å². The molecule has 0 heterocycles. The van der Waals surface area contributed by atoms with Crippen LogP contribution in [0.4, 0.5) is 11.4 Å². The number of aliphatic hydroxyl groups excluding tert-OH is 1. The fourth-order valence-corrected chi connectivity index (χ4v) is 3.17. The fraction of sp³-hybridized carbons (Fsp3) is 0.538. The first-order chi connectivity index (χ1) is 9.36. The summed E-state index contributed by atoms with van der Waals surface area (Å²) in [6.45, 7) is 0.793. The molecule has 1 saturated carbocycles. The van der Waals surface area contributed by atoms with E-state index in [1.807, 2.05) is 0 Å². The van der Waals surface area contributed by atoms with Crippen LogP contribution in [0.15, 0.2) is 23.1 Å². The molecule has 0 aliphatic heterocycles. The lowest BCUT2D eigenvalue weighted by Crippen LogP contribution is -2.23. The highest BCUT2D eigenvalue weighted by Crippen LogP contribution is 2.26. The van der Waals surface area contributed by atoms with E-state index >= 15 is 0 Å². The van der Waals surface area contributed by atoms with Crippen LogP contribution in [-0.2, 0) is 10.0 Å². The fourth-order valence-electron chi connectivity index (χ4n) is 2.53. The van der Waals surface area contributed by atoms with Crippen molar-refractivity contribution < 1.29 is 13.5 Å². The van der Waals surface area contributed by atoms with Gasteiger partial charge in [-0.2, -0.15) is 0 Å². The van der Waals surface area contributed by atoms with Crippen LogP contribution in [0.3, 0.4) is 0 Å². The largest absolute Gasteiger partial charge is 0.398 e. The monoisotopic (exact) mass is 299 g/mol. The third-order valence-electron chi connectivity index (χ3n) is 3.73. The maximum Gasteiger partial charge on any atom is 0.240 e. The van der Waals surface area contributed by atoms with Crippen LogP contribution in [0.2, 0.25) is 0 Å². The van der Waals surface area contributed by atoms with Crippen LogP contribution in [0.1, 0.15) is 25.7 Å². The van der Waals surface area contributed by atoms with Gasteiger partial charge < -0.3 is 16.2 Å². The van der Waals surface area contributed by atoms with E-state index in [9.17, 15) is 13.5 Å². The van der Waals surface area contributed by atoms with Crippen LogP contribution in [0.5, 0.6) is 0 Å². The van der Waals surface area contributed by atoms with Gasteiger partial charge in [-0.3, -0.25) is 0 Å². The molecule has 1 aromatic carbocycles. The Kier molecular flexibility index (Phi) is 4.52. The number of rotatable bonds is 4. The van der Waals surface area contributed by atoms with E-state index in [1.54, 1.807) is 12.1 Å². The minimum atomic E-state index is -3.77. The molecule has 6 nitrogen and oxygen atoms in total. The quantitative estimate of drug-likeness (QED) is 0.615. The van der Waals surface area contributed by atoms with E-state index in [0.29, 0.717) is 5.92 Å². The van der Waals surface area contributed by atoms with E-state index in [-0.39, 0.29) is 16.7 Å². The molecule has 0 bridgehead atoms. The van der Waals surface area contributed by atoms with Crippen molar-refractivity contribution in [2.24, 2.45) is 11.1 Å². The summed E-state index contributed by atoms with van der Waals surface area (Å²) in [6.07, 6.45) is 3.53. The number of aliphatic hydroxyl groups is 1. The number of nitrogens with two attached hydrogens (primary N) is 2. The molecular weight excluding hydrogens is 278 g/mol. The normalized spacial score (nSPS) is 23.5. The Morgan fingerprint density at radius 3 is 2.45 bits per heavy atom. The smallest absolute Gasteiger partial charge is 0.240 e. The van der Waals surface area contributed by atoms with Gasteiger partial charge >= 0.3 is 0 Å². The van der Waals surface area contributed by atoms with Crippen molar-refractivity contribution >= 4 is 21.4 Å². The summed E-state index contributed by atoms with van der Waals surface area (Å²) >= 11 is 0. The number of sulfonamides is 1. The van der Waals surface area contributed by atoms with Gasteiger partial charge in [-0.15, -0.1) is 0 Å². The Morgan fingerprint density at radius 2 is 1.90 bits per heavy atom. The summed E-state index contributed by atoms with van der Waals surface area (Å²) in [7, 11) is -3.77. The lowest BCUT2D eigenvalue weighted by Gasteiger charge is -2.25. The van der Waals surface area contributed by atoms with Crippen LogP contribution in [0, 0.1) is 5.92 Å². The van der Waals surface area contributed by atoms with Gasteiger partial charge in [0, 0.05) is 12.2 Å². The Labute approximate surface area is 119 Å². The van der Waals surface area contributed by atoms with Gasteiger partial charge in [-0.25, -0.2) is 13.6 Å². The number of hydrogen-bond acceptors (Lipinski definition) is 5. The van der Waals surface area contributed by atoms with E-state index in [0.717, 1.165) is 37.9 Å². The van der Waals surface area contributed by atoms with E-state index < -0.39 is 10.0 Å². The number of benzene rings is 1. The second-order valence-corrected chi connectivity index (χ2v) is 6.88. The molecule has 2 rings (SSSR count). The van der Waals surface area contributed by atoms with Gasteiger partial charge in [0.1, 0.15) is 4.90 Å². The molecular formula is C13H21N3O3S. The Morgan fingerprint density at radius 1 is 1.25 bits per heavy atom. The first-order valence-corrected chi connectivity index (χ1v) is 8.25. The van der Waals surface area contributed by atoms with E-state index in [1.165, 1.54) is 6.07 Å². The molecule has 0 aromatic heterocycles. The maximum atomic E-state index is 11.3. The molecule has 0 saturated heterocycles. The number of nitrogen functional groups attached to an aromatic ring is 1. The van der Waals surface area contributed by atoms with Crippen LogP contribution in [0.25, 0.3) is 0 Å². The zero-order chi connectivity index (χ0) is 14.8. The summed E-state index contributed by atoms with van der Waals surface area (Å²) in [4.78, 5) is -0.0520. The zero-order valence-electron chi connectivity index (χ0n) is 11.2. The molecule has 1 aliphatic carbocycles. The van der Waals surface area contributed by atoms with E-state index in [4.69, 9.17) is 10.9 Å². The summed E-state index contributed by atoms with van der Waals surface area (Å²) in [6, 6.07) is 4.66. The van der Waals surface area contributed by atoms with Gasteiger partial charge in [0.05, 0.1) is 11.8 Å². The second kappa shape index (κ2) is 5.99. The first kappa shape index (κ1) is 15.1. The molecule has 0 radical (unpaired) electrons. The molecule has 0 unspecified atom stereocenters. The van der Waals surface area contributed by atoms with Crippen molar-refractivity contribution in [2.45, 2.75) is 36.7 Å². The van der Waals surface area contributed by atoms with Crippen molar-refractivity contribution in [1.82, 2.24) is 0 Å². The summed E-state index contributed by atoms with van der Waals surface area (Å²) < 4.78 is 22.5. The highest BCUT2D eigenvalue weighted by Gasteiger charge is 2.19. The average molecular weight is 299 g/mol. The molecule has 20 heavy (non-hydrogen) atoms. The van der Waals surface area contributed by atoms with Crippen molar-refractivity contribution in [2.75, 3.05) is 17.6 Å². The van der Waals surface area contributed by atoms with Crippen molar-refractivity contribution in [1.29, 1.82) is 0 Å². The SMILES string of the molecule is Nc1cc(NCC2CCC(O)CC2)ccc1S(N)(=O)=O. The lowest BCUT2D eigenvalue weighted by atomic mass is 9.87. The molecule has 0 amide bonds. The minimum absolute atomic E-state index is 0.0520. The zero-order valence-corrected chi connectivity index (χ0v) is 12.1. The summed E-state index contributed by atoms with van der Waals surface area (Å²) in [5.41, 5.74) is 6.63. The standard InChI is InChI=1S/C13H21N3O3S/c14-12-7-10(3-6-13(12)20(15,18)19)16-8-9-1-4-11(17)5-2-9/h3,6-7,9,11,16-17H,1-2,4-5,8,14H2,(H2,15,18,19). The number of hydrogen-bond donors (Lipinski definition) is 4. The third kappa shape index (κ3) is 3.84. The predicted molar refractivity (Wildman–Crippen MR) is 78.7 cm³/mol. The summed E-state index contributed by atoms with van der Waals surface area (Å²) in [5, 5.41) is 17.8. The minimum Gasteiger partial charge on any atom is -0.398 e. The maximum absolute atomic E-state index is 11.3. The van der Waals surface area contributed by atoms with Crippen LogP contribution in [-0.4, -0.2) is 26.2 Å². The molecule has 112 valence electrons. The summed E-state index contributed by atoms with van der Waals surface area (Å²) in [5.74, 6) is 0.526. The Bertz CT molecular complexity index is 566. The van der Waals surface area contributed by atoms with Gasteiger partial charge in [0.25, 0.3) is 0 Å². The molecule has 0 spiro atoms. The topological polar surface area (TPSA) is 118 Å². The number of anilines is 2. The van der Waals surface area contributed by atoms with Gasteiger partial charge in [0.2, 0.25) is 10.0 Å². The lowest BCUT2D eigenvalue weighted by molar-refractivity contribution is 0.111. The first-order valence-electron chi connectivity index (χ1n) is 6.70. The molecule has 0 atom stereocenters. The highest BCUT2D eigenvalue weighted by molar-refractivity contribution is 7.89. The Balaban J connectivity index is 1.96. The van der Waals surface area contributed by atoms with Gasteiger partial charge in [-0.1, -0.05) is 0 Å². The predicted octanol–water partition coefficient (Wildman–Crippen LogP) is 0.879. The van der Waals surface area contributed by atoms with Crippen molar-refractivity contribution in [3.63, 3.8) is 0 Å². The molecule has 7 heteroatoms. The van der Waals surface area contributed by atoms with Crippen LogP contribution >= 0.6 is 0 Å². The molecule has 1 aliphatic rings. The second-order valence-electron chi connectivity index (χ2n) is 5.35. The Hall–Kier alpha value is -1.31. The third-order valence-corrected chi connectivity index (χ3v) is 4.71. The van der Waals surface area contributed by atoms with Gasteiger partial charge in [-0.05, 0) is 49.8 Å². The van der Waals surface area contributed by atoms with Crippen LogP contribution < -0.4 is 16.2 Å². The number of primary sulfonamides is 1. The molecule has 6 N–H and O–H groups in total. The van der Waals surface area contributed by atoms with Gasteiger partial charge in [0.15, 0.2) is 0 Å². The number of nitrogens with one attached hydrogen (secondary N) is 1. The molecule has 1 aromatic rings. The highest BCUT2D eigenvalue weighted by atomic mass is 32.2. The molecule has 1 fully saturated rings.